The molecule has 0 radical (unpaired) electrons. The Kier molecular flexibility index (Phi) is 3.17. The van der Waals surface area contributed by atoms with Crippen molar-refractivity contribution in [2.24, 2.45) is 0 Å². The van der Waals surface area contributed by atoms with Crippen LogP contribution in [-0.2, 0) is 12.8 Å². The zero-order valence-corrected chi connectivity index (χ0v) is 10.9. The van der Waals surface area contributed by atoms with Crippen LogP contribution in [0.3, 0.4) is 0 Å². The maximum atomic E-state index is 12.1. The molecule has 3 rings (SSSR count). The van der Waals surface area contributed by atoms with Gasteiger partial charge in [0.25, 0.3) is 5.91 Å². The molecule has 0 unspecified atom stereocenters. The molecule has 1 aliphatic carbocycles. The number of carbonyl (C=O) groups is 1. The normalized spacial score (nSPS) is 13.1. The van der Waals surface area contributed by atoms with Crippen molar-refractivity contribution in [2.75, 3.05) is 5.32 Å². The van der Waals surface area contributed by atoms with Gasteiger partial charge in [0, 0.05) is 11.8 Å². The van der Waals surface area contributed by atoms with E-state index in [1.54, 1.807) is 6.07 Å². The third kappa shape index (κ3) is 2.58. The van der Waals surface area contributed by atoms with Crippen LogP contribution in [0.2, 0.25) is 5.15 Å². The van der Waals surface area contributed by atoms with E-state index in [9.17, 15) is 4.79 Å². The number of hydrogen-bond donors (Lipinski definition) is 1. The van der Waals surface area contributed by atoms with Gasteiger partial charge in [-0.2, -0.15) is 0 Å². The molecule has 0 saturated heterocycles. The van der Waals surface area contributed by atoms with E-state index in [1.165, 1.54) is 17.3 Å². The Morgan fingerprint density at radius 1 is 1.21 bits per heavy atom. The van der Waals surface area contributed by atoms with Gasteiger partial charge in [0.05, 0.1) is 0 Å². The molecule has 1 amide bonds. The zero-order valence-electron chi connectivity index (χ0n) is 10.2. The fraction of sp³-hybridized carbons (Fsp3) is 0.214. The minimum absolute atomic E-state index is 0.211. The third-order valence-electron chi connectivity index (χ3n) is 3.21. The molecule has 2 aromatic rings. The van der Waals surface area contributed by atoms with Gasteiger partial charge in [0.2, 0.25) is 5.95 Å². The van der Waals surface area contributed by atoms with Crippen LogP contribution in [0, 0.1) is 0 Å². The summed E-state index contributed by atoms with van der Waals surface area (Å²) in [4.78, 5) is 20.0. The number of nitrogens with one attached hydrogen (secondary N) is 1. The highest BCUT2D eigenvalue weighted by Gasteiger charge is 2.14. The summed E-state index contributed by atoms with van der Waals surface area (Å²) in [6.45, 7) is 0. The Morgan fingerprint density at radius 3 is 2.89 bits per heavy atom. The molecule has 0 spiro atoms. The van der Waals surface area contributed by atoms with Crippen LogP contribution in [0.1, 0.15) is 27.9 Å². The lowest BCUT2D eigenvalue weighted by molar-refractivity contribution is 0.102. The summed E-state index contributed by atoms with van der Waals surface area (Å²) in [5.41, 5.74) is 3.24. The molecule has 0 aliphatic heterocycles. The lowest BCUT2D eigenvalue weighted by atomic mass is 10.1. The number of aryl methyl sites for hydroxylation is 2. The second kappa shape index (κ2) is 4.97. The largest absolute Gasteiger partial charge is 0.290 e. The lowest BCUT2D eigenvalue weighted by Crippen LogP contribution is -2.14. The summed E-state index contributed by atoms with van der Waals surface area (Å²) in [5.74, 6) is 0.00923. The Hall–Kier alpha value is -1.94. The van der Waals surface area contributed by atoms with Crippen molar-refractivity contribution in [3.8, 4) is 0 Å². The van der Waals surface area contributed by atoms with E-state index in [4.69, 9.17) is 11.6 Å². The topological polar surface area (TPSA) is 54.9 Å². The third-order valence-corrected chi connectivity index (χ3v) is 3.42. The van der Waals surface area contributed by atoms with Crippen LogP contribution in [0.15, 0.2) is 30.5 Å². The fourth-order valence-corrected chi connectivity index (χ4v) is 2.42. The smallest absolute Gasteiger partial charge is 0.258 e. The number of halogens is 1. The van der Waals surface area contributed by atoms with Gasteiger partial charge in [0.1, 0.15) is 5.15 Å². The summed E-state index contributed by atoms with van der Waals surface area (Å²) in [5, 5.41) is 2.95. The molecule has 1 aliphatic rings. The van der Waals surface area contributed by atoms with Crippen LogP contribution in [-0.4, -0.2) is 15.9 Å². The maximum absolute atomic E-state index is 12.1. The standard InChI is InChI=1S/C14H12ClN3O/c15-12-6-7-16-14(17-12)18-13(19)11-5-4-9-2-1-3-10(9)8-11/h4-8H,1-3H2,(H,16,17,18,19). The van der Waals surface area contributed by atoms with Gasteiger partial charge in [-0.3, -0.25) is 10.1 Å². The van der Waals surface area contributed by atoms with E-state index in [-0.39, 0.29) is 11.9 Å². The summed E-state index contributed by atoms with van der Waals surface area (Å²) in [6.07, 6.45) is 4.82. The monoisotopic (exact) mass is 273 g/mol. The van der Waals surface area contributed by atoms with Crippen molar-refractivity contribution in [1.29, 1.82) is 0 Å². The van der Waals surface area contributed by atoms with Crippen LogP contribution < -0.4 is 5.32 Å². The molecule has 1 N–H and O–H groups in total. The summed E-state index contributed by atoms with van der Waals surface area (Å²) < 4.78 is 0. The zero-order chi connectivity index (χ0) is 13.2. The molecule has 19 heavy (non-hydrogen) atoms. The number of amides is 1. The molecule has 96 valence electrons. The van der Waals surface area contributed by atoms with E-state index in [0.29, 0.717) is 10.7 Å². The predicted molar refractivity (Wildman–Crippen MR) is 73.5 cm³/mol. The second-order valence-corrected chi connectivity index (χ2v) is 4.88. The summed E-state index contributed by atoms with van der Waals surface area (Å²) in [7, 11) is 0. The molecule has 5 heteroatoms. The van der Waals surface area contributed by atoms with E-state index in [2.05, 4.69) is 15.3 Å². The number of fused-ring (bicyclic) bond motifs is 1. The SMILES string of the molecule is O=C(Nc1nccc(Cl)n1)c1ccc2c(c1)CCC2. The van der Waals surface area contributed by atoms with Crippen molar-refractivity contribution in [1.82, 2.24) is 9.97 Å². The van der Waals surface area contributed by atoms with Crippen LogP contribution >= 0.6 is 11.6 Å². The average molecular weight is 274 g/mol. The Labute approximate surface area is 115 Å². The minimum atomic E-state index is -0.211. The van der Waals surface area contributed by atoms with Crippen molar-refractivity contribution in [3.05, 3.63) is 52.3 Å². The Bertz CT molecular complexity index is 642. The van der Waals surface area contributed by atoms with Crippen molar-refractivity contribution < 1.29 is 4.79 Å². The molecule has 1 heterocycles. The van der Waals surface area contributed by atoms with Crippen LogP contribution in [0.25, 0.3) is 0 Å². The van der Waals surface area contributed by atoms with Gasteiger partial charge in [-0.05, 0) is 48.6 Å². The first-order valence-corrected chi connectivity index (χ1v) is 6.52. The van der Waals surface area contributed by atoms with Crippen molar-refractivity contribution >= 4 is 23.5 Å². The van der Waals surface area contributed by atoms with Crippen LogP contribution in [0.4, 0.5) is 5.95 Å². The van der Waals surface area contributed by atoms with Crippen LogP contribution in [0.5, 0.6) is 0 Å². The number of carbonyl (C=O) groups excluding carboxylic acids is 1. The first-order chi connectivity index (χ1) is 9.22. The molecule has 4 nitrogen and oxygen atoms in total. The fourth-order valence-electron chi connectivity index (χ4n) is 2.28. The first kappa shape index (κ1) is 12.1. The number of nitrogens with zero attached hydrogens (tertiary/aromatic N) is 2. The molecule has 0 bridgehead atoms. The molecule has 0 atom stereocenters. The average Bonchev–Trinajstić information content (AvgIpc) is 2.85. The van der Waals surface area contributed by atoms with Crippen molar-refractivity contribution in [3.63, 3.8) is 0 Å². The predicted octanol–water partition coefficient (Wildman–Crippen LogP) is 2.87. The molecule has 1 aromatic carbocycles. The van der Waals surface area contributed by atoms with Crippen molar-refractivity contribution in [2.45, 2.75) is 19.3 Å². The Balaban J connectivity index is 1.81. The lowest BCUT2D eigenvalue weighted by Gasteiger charge is -2.05. The second-order valence-electron chi connectivity index (χ2n) is 4.49. The minimum Gasteiger partial charge on any atom is -0.290 e. The molecule has 0 fully saturated rings. The number of hydrogen-bond acceptors (Lipinski definition) is 3. The highest BCUT2D eigenvalue weighted by Crippen LogP contribution is 2.23. The number of aromatic nitrogens is 2. The molecular formula is C14H12ClN3O. The van der Waals surface area contributed by atoms with Gasteiger partial charge in [-0.15, -0.1) is 0 Å². The van der Waals surface area contributed by atoms with Gasteiger partial charge in [0.15, 0.2) is 0 Å². The first-order valence-electron chi connectivity index (χ1n) is 6.14. The van der Waals surface area contributed by atoms with Gasteiger partial charge < -0.3 is 0 Å². The molecule has 1 aromatic heterocycles. The molecule has 0 saturated carbocycles. The Morgan fingerprint density at radius 2 is 2.05 bits per heavy atom. The number of benzene rings is 1. The number of rotatable bonds is 2. The van der Waals surface area contributed by atoms with Gasteiger partial charge >= 0.3 is 0 Å². The summed E-state index contributed by atoms with van der Waals surface area (Å²) in [6, 6.07) is 7.37. The quantitative estimate of drug-likeness (QED) is 0.856. The summed E-state index contributed by atoms with van der Waals surface area (Å²) >= 11 is 5.75. The number of anilines is 1. The van der Waals surface area contributed by atoms with E-state index < -0.39 is 0 Å². The van der Waals surface area contributed by atoms with Gasteiger partial charge in [-0.1, -0.05) is 17.7 Å². The van der Waals surface area contributed by atoms with E-state index in [0.717, 1.165) is 19.3 Å². The van der Waals surface area contributed by atoms with E-state index in [1.807, 2.05) is 18.2 Å². The van der Waals surface area contributed by atoms with Gasteiger partial charge in [-0.25, -0.2) is 9.97 Å². The highest BCUT2D eigenvalue weighted by molar-refractivity contribution is 6.29. The highest BCUT2D eigenvalue weighted by atomic mass is 35.5. The molecular weight excluding hydrogens is 262 g/mol. The van der Waals surface area contributed by atoms with E-state index >= 15 is 0 Å². The maximum Gasteiger partial charge on any atom is 0.258 e.